The average molecular weight is 1200 g/mol. The average Bonchev–Trinajstić information content (AvgIpc) is 4.13. The van der Waals surface area contributed by atoms with E-state index in [9.17, 15) is 46.5 Å². The highest BCUT2D eigenvalue weighted by atomic mass is 32.2. The molecule has 2 aromatic heterocycles. The number of amides is 2. The zero-order valence-corrected chi connectivity index (χ0v) is 48.4. The van der Waals surface area contributed by atoms with Gasteiger partial charge in [0.1, 0.15) is 30.7 Å². The lowest BCUT2D eigenvalue weighted by atomic mass is 9.83. The third kappa shape index (κ3) is 13.8. The van der Waals surface area contributed by atoms with Crippen LogP contribution in [0.4, 0.5) is 16.4 Å². The molecule has 3 aliphatic heterocycles. The van der Waals surface area contributed by atoms with Gasteiger partial charge in [0, 0.05) is 65.6 Å². The molecule has 1 aliphatic carbocycles. The van der Waals surface area contributed by atoms with Crippen LogP contribution in [0.25, 0.3) is 39.9 Å². The summed E-state index contributed by atoms with van der Waals surface area (Å²) in [5, 5.41) is 17.6. The molecule has 4 aromatic rings. The van der Waals surface area contributed by atoms with Crippen molar-refractivity contribution in [2.45, 2.75) is 95.2 Å². The third-order valence-corrected chi connectivity index (χ3v) is 17.3. The standard InChI is InChI=1S/C53H65N9O17P2S/c1-7-60(8-2)34-21-23-37-36(32(3)46(76-40(37)28-34)33-16-11-9-12-17-33)18-15-19-42-53(4,5)38-29-35(82(72,73)74)22-24-39(38)61(42)27-14-10-13-20-43(63)55-25-26-56-52(66)78-47-41(30-75-81(70,71)79-80(67,68)69)77-50(45(47)64)62-31-59(6)44-48(62)57-51(54)58-49(44)65/h9,11-12,15-19,21-24,28-29,31,41,45,47,50,64H,7-8,10,13-14,20,25-27,30H2,1-6H3,(H7-2,54,55,56,57,58,63,65,66,67,68,69,70,71,72,73,74)/p+2/t41-,45-,47-,50-/m1/s1. The number of allylic oxidation sites excluding steroid dienone is 3. The number of ether oxygens (including phenoxy) is 2. The van der Waals surface area contributed by atoms with Crippen LogP contribution in [0.2, 0.25) is 0 Å². The number of benzene rings is 3. The maximum Gasteiger partial charge on any atom is 0.481 e. The first-order chi connectivity index (χ1) is 38.7. The van der Waals surface area contributed by atoms with Crippen molar-refractivity contribution in [1.82, 2.24) is 29.7 Å². The SMILES string of the molecule is CC[N+](CC)=c1ccc2c(/C=C/C=C3/N(CCCCCC(=O)NCCNC(=O)O[C@H]4[C@@H](O)[C@H]([n+]5cn(C)c6c(=O)[nH]c(N)nc65)O[C@@H]4COP(=O)(O)OP(=O)(O)O)c4ccc(S(=O)(=O)O)cc4C3(C)C)c(C)c(-c3ccccc3)oc-2c1. The Morgan fingerprint density at radius 2 is 1.73 bits per heavy atom. The van der Waals surface area contributed by atoms with E-state index in [0.717, 1.165) is 63.6 Å². The van der Waals surface area contributed by atoms with E-state index < -0.39 is 74.0 Å². The number of hydrogen-bond donors (Lipinski definition) is 9. The number of aromatic amines is 1. The molecule has 0 bridgehead atoms. The fourth-order valence-electron chi connectivity index (χ4n) is 10.3. The van der Waals surface area contributed by atoms with Gasteiger partial charge in [-0.25, -0.2) is 23.1 Å². The Morgan fingerprint density at radius 3 is 2.43 bits per heavy atom. The number of carbonyl (C=O) groups excluding carboxylic acids is 2. The summed E-state index contributed by atoms with van der Waals surface area (Å²) >= 11 is 0. The Kier molecular flexibility index (Phi) is 18.6. The van der Waals surface area contributed by atoms with Gasteiger partial charge in [0.05, 0.1) is 24.6 Å². The number of anilines is 2. The van der Waals surface area contributed by atoms with Gasteiger partial charge < -0.3 is 54.9 Å². The molecular weight excluding hydrogens is 1130 g/mol. The quantitative estimate of drug-likeness (QED) is 0.0195. The summed E-state index contributed by atoms with van der Waals surface area (Å²) in [5.41, 5.74) is 10.5. The number of nitrogens with two attached hydrogens (primary N) is 1. The predicted molar refractivity (Wildman–Crippen MR) is 300 cm³/mol. The molecule has 29 heteroatoms. The Balaban J connectivity index is 0.901. The van der Waals surface area contributed by atoms with Crippen molar-refractivity contribution in [2.24, 2.45) is 7.05 Å². The highest BCUT2D eigenvalue weighted by Crippen LogP contribution is 2.58. The Bertz CT molecular complexity index is 3760. The number of hydrogen-bond acceptors (Lipinski definition) is 16. The van der Waals surface area contributed by atoms with Crippen LogP contribution in [0.15, 0.2) is 105 Å². The zero-order chi connectivity index (χ0) is 59.5. The van der Waals surface area contributed by atoms with Crippen molar-refractivity contribution in [3.05, 3.63) is 123 Å². The lowest BCUT2D eigenvalue weighted by Crippen LogP contribution is -2.47. The van der Waals surface area contributed by atoms with Crippen LogP contribution < -0.4 is 41.3 Å². The van der Waals surface area contributed by atoms with Crippen molar-refractivity contribution in [3.8, 4) is 22.6 Å². The molecule has 4 aliphatic rings. The van der Waals surface area contributed by atoms with Gasteiger partial charge in [-0.2, -0.15) is 12.7 Å². The Hall–Kier alpha value is -6.87. The number of imidazole rings is 1. The number of fused-ring (bicyclic) bond motifs is 3. The number of aryl methyl sites for hydroxylation is 1. The first kappa shape index (κ1) is 61.2. The number of rotatable bonds is 22. The Morgan fingerprint density at radius 1 is 1.01 bits per heavy atom. The normalized spacial score (nSPS) is 19.3. The van der Waals surface area contributed by atoms with Crippen molar-refractivity contribution < 1.29 is 78.8 Å². The van der Waals surface area contributed by atoms with Gasteiger partial charge in [-0.3, -0.25) is 28.2 Å². The summed E-state index contributed by atoms with van der Waals surface area (Å²) in [6, 6.07) is 20.7. The lowest BCUT2D eigenvalue weighted by molar-refractivity contribution is -0.745. The van der Waals surface area contributed by atoms with E-state index in [-0.39, 0.29) is 47.4 Å². The topological polar surface area (TPSA) is 365 Å². The number of nitrogens with one attached hydrogen (secondary N) is 3. The summed E-state index contributed by atoms with van der Waals surface area (Å²) in [6.45, 7) is 11.2. The molecule has 26 nitrogen and oxygen atoms in total. The van der Waals surface area contributed by atoms with Gasteiger partial charge in [-0.15, -0.1) is 0 Å². The molecule has 2 aromatic carbocycles. The van der Waals surface area contributed by atoms with E-state index in [4.69, 9.17) is 33.9 Å². The first-order valence-corrected chi connectivity index (χ1v) is 30.7. The second kappa shape index (κ2) is 24.9. The first-order valence-electron chi connectivity index (χ1n) is 26.2. The van der Waals surface area contributed by atoms with Gasteiger partial charge in [0.15, 0.2) is 18.5 Å². The fourth-order valence-corrected chi connectivity index (χ4v) is 12.5. The minimum atomic E-state index is -5.52. The van der Waals surface area contributed by atoms with Crippen LogP contribution in [0.5, 0.6) is 0 Å². The van der Waals surface area contributed by atoms with Gasteiger partial charge in [-0.05, 0) is 75.1 Å². The minimum absolute atomic E-state index is 0.00924. The van der Waals surface area contributed by atoms with Gasteiger partial charge in [-0.1, -0.05) is 67.7 Å². The largest absolute Gasteiger partial charge is 0.481 e. The number of aliphatic hydroxyl groups excluding tert-OH is 1. The number of aromatic nitrogens is 4. The molecule has 8 rings (SSSR count). The van der Waals surface area contributed by atoms with Crippen molar-refractivity contribution in [1.29, 1.82) is 0 Å². The molecule has 10 N–H and O–H groups in total. The lowest BCUT2D eigenvalue weighted by Gasteiger charge is -2.27. The molecule has 1 saturated heterocycles. The van der Waals surface area contributed by atoms with E-state index in [0.29, 0.717) is 31.4 Å². The number of H-pyrrole nitrogens is 1. The number of phosphoric acid groups is 2. The summed E-state index contributed by atoms with van der Waals surface area (Å²) in [5.74, 6) is 0.885. The van der Waals surface area contributed by atoms with E-state index in [2.05, 4.69) is 72.5 Å². The number of unbranched alkanes of at least 4 members (excludes halogenated alkanes) is 2. The molecule has 0 radical (unpaired) electrons. The monoisotopic (exact) mass is 1200 g/mol. The smallest absolute Gasteiger partial charge is 0.456 e. The summed E-state index contributed by atoms with van der Waals surface area (Å²) in [4.78, 5) is 75.1. The molecule has 440 valence electrons. The number of nitrogens with zero attached hydrogens (tertiary/aromatic N) is 5. The van der Waals surface area contributed by atoms with E-state index in [1.54, 1.807) is 6.07 Å². The summed E-state index contributed by atoms with van der Waals surface area (Å²) in [6.07, 6.45) is 1.63. The number of alkyl carbamates (subject to hydrolysis) is 1. The molecule has 0 spiro atoms. The van der Waals surface area contributed by atoms with Crippen LogP contribution >= 0.6 is 15.6 Å². The van der Waals surface area contributed by atoms with Crippen LogP contribution in [0, 0.1) is 6.92 Å². The molecule has 5 heterocycles. The predicted octanol–water partition coefficient (Wildman–Crippen LogP) is 4.51. The van der Waals surface area contributed by atoms with Crippen LogP contribution in [-0.4, -0.2) is 117 Å². The minimum Gasteiger partial charge on any atom is -0.456 e. The van der Waals surface area contributed by atoms with Crippen LogP contribution in [0.1, 0.15) is 76.3 Å². The molecular formula is C53H67N9O17P2S+2. The highest BCUT2D eigenvalue weighted by Gasteiger charge is 2.51. The zero-order valence-electron chi connectivity index (χ0n) is 45.8. The Labute approximate surface area is 471 Å². The summed E-state index contributed by atoms with van der Waals surface area (Å²) < 4.78 is 89.6. The van der Waals surface area contributed by atoms with E-state index in [1.165, 1.54) is 34.6 Å². The number of phosphoric ester groups is 1. The van der Waals surface area contributed by atoms with Crippen molar-refractivity contribution in [2.75, 3.05) is 50.0 Å². The number of nitrogen functional groups attached to an aromatic ring is 1. The summed E-state index contributed by atoms with van der Waals surface area (Å²) in [7, 11) is -14.0. The molecule has 1 fully saturated rings. The van der Waals surface area contributed by atoms with Crippen LogP contribution in [-0.2, 0) is 54.8 Å². The van der Waals surface area contributed by atoms with Gasteiger partial charge in [0.25, 0.3) is 21.6 Å². The van der Waals surface area contributed by atoms with Gasteiger partial charge in [0.2, 0.25) is 23.0 Å². The van der Waals surface area contributed by atoms with Crippen molar-refractivity contribution >= 4 is 66.6 Å². The maximum absolute atomic E-state index is 13.1. The van der Waals surface area contributed by atoms with E-state index >= 15 is 0 Å². The highest BCUT2D eigenvalue weighted by molar-refractivity contribution is 7.85. The van der Waals surface area contributed by atoms with Gasteiger partial charge >= 0.3 is 27.4 Å². The molecule has 82 heavy (non-hydrogen) atoms. The maximum atomic E-state index is 13.1. The van der Waals surface area contributed by atoms with Crippen molar-refractivity contribution in [3.63, 3.8) is 0 Å². The fraction of sp³-hybridized carbons (Fsp3) is 0.396. The van der Waals surface area contributed by atoms with Crippen LogP contribution in [0.3, 0.4) is 0 Å². The second-order valence-electron chi connectivity index (χ2n) is 20.1. The number of carbonyl (C=O) groups is 2. The molecule has 5 atom stereocenters. The third-order valence-electron chi connectivity index (χ3n) is 14.3. The van der Waals surface area contributed by atoms with E-state index in [1.807, 2.05) is 63.3 Å². The molecule has 2 amide bonds. The molecule has 0 saturated carbocycles. The number of aliphatic hydroxyl groups is 1. The molecule has 1 unspecified atom stereocenters. The second-order valence-corrected chi connectivity index (χ2v) is 24.4.